The SMILES string of the molecule is [2H]c1c([2H])c([2H])c(-c2cccc(-c3cc(C(C)(C)C)cc(C(C)(C)C)c3)c2N2CN(c3cccc(Oc4cc5c6c(c4)N(c4cc(C)c(-c7ccc(C(C)(C)C)cc7)cn4)c4ccccc4[Si]6(c4ccccc4)c4ccccc4-5)c3)c3ccccc32)c([2H])c1[2H]. The van der Waals surface area contributed by atoms with Crippen LogP contribution >= 0.6 is 0 Å². The number of anilines is 7. The lowest BCUT2D eigenvalue weighted by Crippen LogP contribution is -2.75. The van der Waals surface area contributed by atoms with Gasteiger partial charge in [0.1, 0.15) is 24.0 Å². The van der Waals surface area contributed by atoms with Crippen molar-refractivity contribution in [2.75, 3.05) is 21.4 Å². The van der Waals surface area contributed by atoms with Gasteiger partial charge in [0, 0.05) is 46.4 Å². The average Bonchev–Trinajstić information content (AvgIpc) is 1.46. The zero-order valence-electron chi connectivity index (χ0n) is 55.1. The number of rotatable bonds is 9. The molecule has 14 rings (SSSR count). The predicted octanol–water partition coefficient (Wildman–Crippen LogP) is 18.5. The zero-order chi connectivity index (χ0) is 62.9. The molecule has 3 aliphatic heterocycles. The molecule has 418 valence electrons. The first-order chi connectivity index (χ1) is 43.0. The summed E-state index contributed by atoms with van der Waals surface area (Å²) in [5, 5.41) is 5.30. The van der Waals surface area contributed by atoms with E-state index in [1.807, 2.05) is 42.6 Å². The van der Waals surface area contributed by atoms with E-state index < -0.39 is 14.1 Å². The minimum Gasteiger partial charge on any atom is -0.457 e. The largest absolute Gasteiger partial charge is 0.457 e. The summed E-state index contributed by atoms with van der Waals surface area (Å²) in [5.74, 6) is 2.17. The van der Waals surface area contributed by atoms with Crippen LogP contribution in [0, 0.1) is 6.92 Å². The highest BCUT2D eigenvalue weighted by Gasteiger charge is 2.55. The quantitative estimate of drug-likeness (QED) is 0.135. The van der Waals surface area contributed by atoms with Crippen LogP contribution in [0.3, 0.4) is 0 Å². The number of benzene rings is 10. The van der Waals surface area contributed by atoms with Gasteiger partial charge in [0.05, 0.1) is 29.6 Å². The normalized spacial score (nSPS) is 15.9. The second-order valence-corrected chi connectivity index (χ2v) is 29.8. The molecule has 0 amide bonds. The highest BCUT2D eigenvalue weighted by molar-refractivity contribution is 7.23. The van der Waals surface area contributed by atoms with E-state index in [1.54, 1.807) is 0 Å². The molecule has 0 fully saturated rings. The molecule has 0 radical (unpaired) electrons. The minimum absolute atomic E-state index is 0.0415. The molecule has 1 atom stereocenters. The van der Waals surface area contributed by atoms with Crippen LogP contribution in [0.2, 0.25) is 0 Å². The molecule has 0 bridgehead atoms. The highest BCUT2D eigenvalue weighted by Crippen LogP contribution is 2.52. The van der Waals surface area contributed by atoms with Gasteiger partial charge >= 0.3 is 0 Å². The summed E-state index contributed by atoms with van der Waals surface area (Å²) in [6.45, 7) is 22.6. The van der Waals surface area contributed by atoms with Crippen LogP contribution in [0.15, 0.2) is 243 Å². The molecule has 0 saturated heterocycles. The van der Waals surface area contributed by atoms with Crippen molar-refractivity contribution < 1.29 is 11.6 Å². The molecular formula is C79H72N4OSi. The Hall–Kier alpha value is -9.23. The topological polar surface area (TPSA) is 31.8 Å². The fraction of sp³-hybridized carbons (Fsp3) is 0.177. The summed E-state index contributed by atoms with van der Waals surface area (Å²) in [6.07, 6.45) is 2.04. The van der Waals surface area contributed by atoms with E-state index in [2.05, 4.69) is 254 Å². The Kier molecular flexibility index (Phi) is 11.5. The third-order valence-electron chi connectivity index (χ3n) is 17.6. The standard InChI is InChI=1S/C79H72N4OSi/c1-52-43-74(80-50-67(52)54-39-41-56(42-40-54)77(2,3)4)83-70-36-20-22-38-73(70)85(62-29-15-12-16-30-62)72-37-21-17-31-65(72)66-48-61(49-71(83)76(66)85)84-60-28-23-27-59(47-60)81-51-82(69-35-19-18-34-68(69)81)75-63(53-25-13-11-14-26-53)32-24-33-64(75)55-44-57(78(5,6)7)46-58(45-55)79(8,9)10/h11-50H,51H2,1-10H3/i11D,13D,14D,25D,26D. The number of aryl methyl sites for hydroxylation is 1. The maximum absolute atomic E-state index is 9.38. The van der Waals surface area contributed by atoms with Crippen molar-refractivity contribution in [1.82, 2.24) is 4.98 Å². The third kappa shape index (κ3) is 9.08. The summed E-state index contributed by atoms with van der Waals surface area (Å²) in [6, 6.07) is 72.4. The lowest BCUT2D eigenvalue weighted by molar-refractivity contribution is 0.483. The summed E-state index contributed by atoms with van der Waals surface area (Å²) >= 11 is 0. The average molecular weight is 1130 g/mol. The van der Waals surface area contributed by atoms with Crippen molar-refractivity contribution in [1.29, 1.82) is 0 Å². The van der Waals surface area contributed by atoms with E-state index >= 15 is 0 Å². The van der Waals surface area contributed by atoms with Crippen molar-refractivity contribution in [3.05, 3.63) is 265 Å². The smallest absolute Gasteiger partial charge is 0.185 e. The van der Waals surface area contributed by atoms with Crippen molar-refractivity contribution in [2.45, 2.75) is 85.5 Å². The van der Waals surface area contributed by atoms with E-state index in [-0.39, 0.29) is 46.0 Å². The highest BCUT2D eigenvalue weighted by atomic mass is 28.3. The maximum atomic E-state index is 9.38. The Morgan fingerprint density at radius 2 is 1.05 bits per heavy atom. The van der Waals surface area contributed by atoms with Crippen molar-refractivity contribution in [3.63, 3.8) is 0 Å². The molecule has 0 saturated carbocycles. The monoisotopic (exact) mass is 1130 g/mol. The number of ether oxygens (including phenoxy) is 1. The fourth-order valence-electron chi connectivity index (χ4n) is 13.3. The Morgan fingerprint density at radius 3 is 1.73 bits per heavy atom. The van der Waals surface area contributed by atoms with Crippen LogP contribution in [0.4, 0.5) is 39.9 Å². The van der Waals surface area contributed by atoms with E-state index in [4.69, 9.17) is 13.8 Å². The first-order valence-electron chi connectivity index (χ1n) is 32.1. The third-order valence-corrected chi connectivity index (χ3v) is 22.6. The van der Waals surface area contributed by atoms with Gasteiger partial charge in [0.2, 0.25) is 0 Å². The Balaban J connectivity index is 0.910. The van der Waals surface area contributed by atoms with Gasteiger partial charge in [-0.2, -0.15) is 0 Å². The molecule has 85 heavy (non-hydrogen) atoms. The molecule has 4 heterocycles. The maximum Gasteiger partial charge on any atom is 0.185 e. The molecule has 1 aromatic heterocycles. The van der Waals surface area contributed by atoms with Crippen LogP contribution in [0.5, 0.6) is 11.5 Å². The summed E-state index contributed by atoms with van der Waals surface area (Å²) in [7, 11) is -2.96. The van der Waals surface area contributed by atoms with Crippen LogP contribution < -0.4 is 40.2 Å². The molecule has 1 unspecified atom stereocenters. The lowest BCUT2D eigenvalue weighted by Gasteiger charge is -2.43. The van der Waals surface area contributed by atoms with E-state index in [9.17, 15) is 2.74 Å². The molecular weight excluding hydrogens is 1050 g/mol. The van der Waals surface area contributed by atoms with E-state index in [0.29, 0.717) is 23.7 Å². The van der Waals surface area contributed by atoms with Gasteiger partial charge < -0.3 is 14.5 Å². The molecule has 0 spiro atoms. The van der Waals surface area contributed by atoms with Gasteiger partial charge in [-0.05, 0) is 136 Å². The number of hydrogen-bond donors (Lipinski definition) is 0. The van der Waals surface area contributed by atoms with E-state index in [1.165, 1.54) is 43.0 Å². The first-order valence-corrected chi connectivity index (χ1v) is 31.6. The second kappa shape index (κ2) is 20.2. The predicted molar refractivity (Wildman–Crippen MR) is 361 cm³/mol. The Morgan fingerprint density at radius 1 is 0.447 bits per heavy atom. The zero-order valence-corrected chi connectivity index (χ0v) is 51.1. The molecule has 11 aromatic rings. The van der Waals surface area contributed by atoms with Gasteiger partial charge in [-0.3, -0.25) is 4.90 Å². The van der Waals surface area contributed by atoms with Crippen LogP contribution in [-0.2, 0) is 16.2 Å². The second-order valence-electron chi connectivity index (χ2n) is 26.2. The summed E-state index contributed by atoms with van der Waals surface area (Å²) < 4.78 is 52.4. The van der Waals surface area contributed by atoms with Crippen LogP contribution in [-0.4, -0.2) is 19.7 Å². The molecule has 0 N–H and O–H groups in total. The number of pyridine rings is 1. The fourth-order valence-corrected chi connectivity index (χ4v) is 18.8. The van der Waals surface area contributed by atoms with Crippen molar-refractivity contribution in [3.8, 4) is 56.0 Å². The molecule has 5 nitrogen and oxygen atoms in total. The lowest BCUT2D eigenvalue weighted by atomic mass is 9.78. The van der Waals surface area contributed by atoms with E-state index in [0.717, 1.165) is 73.3 Å². The van der Waals surface area contributed by atoms with Gasteiger partial charge in [0.25, 0.3) is 0 Å². The number of hydrogen-bond acceptors (Lipinski definition) is 5. The number of para-hydroxylation sites is 4. The molecule has 6 heteroatoms. The Labute approximate surface area is 510 Å². The summed E-state index contributed by atoms with van der Waals surface area (Å²) in [4.78, 5) is 12.3. The Bertz CT molecular complexity index is 4660. The first kappa shape index (κ1) is 48.2. The van der Waals surface area contributed by atoms with Crippen molar-refractivity contribution >= 4 is 68.8 Å². The number of aromatic nitrogens is 1. The van der Waals surface area contributed by atoms with Gasteiger partial charge in [-0.1, -0.05) is 244 Å². The summed E-state index contributed by atoms with van der Waals surface area (Å²) in [5.41, 5.74) is 17.2. The van der Waals surface area contributed by atoms with Crippen LogP contribution in [0.1, 0.15) is 91.4 Å². The number of nitrogens with zero attached hydrogens (tertiary/aromatic N) is 4. The van der Waals surface area contributed by atoms with Gasteiger partial charge in [-0.25, -0.2) is 4.98 Å². The van der Waals surface area contributed by atoms with Crippen LogP contribution in [0.25, 0.3) is 44.5 Å². The minimum atomic E-state index is -2.96. The van der Waals surface area contributed by atoms with Crippen molar-refractivity contribution in [2.24, 2.45) is 0 Å². The number of fused-ring (bicyclic) bond motifs is 6. The molecule has 3 aliphatic rings. The molecule has 0 aliphatic carbocycles. The van der Waals surface area contributed by atoms with Gasteiger partial charge in [-0.15, -0.1) is 0 Å². The van der Waals surface area contributed by atoms with Gasteiger partial charge in [0.15, 0.2) is 8.07 Å². The molecule has 10 aromatic carbocycles.